The molecule has 9 heteroatoms. The molecule has 2 aliphatic rings. The maximum Gasteiger partial charge on any atom is 0.202 e. The molecule has 0 radical (unpaired) electrons. The molecule has 166 valence electrons. The van der Waals surface area contributed by atoms with Gasteiger partial charge in [0.1, 0.15) is 5.75 Å². The van der Waals surface area contributed by atoms with Gasteiger partial charge in [-0.3, -0.25) is 0 Å². The highest BCUT2D eigenvalue weighted by atomic mass is 35.5. The zero-order valence-electron chi connectivity index (χ0n) is 18.1. The van der Waals surface area contributed by atoms with Crippen molar-refractivity contribution in [1.82, 2.24) is 24.6 Å². The lowest BCUT2D eigenvalue weighted by Crippen LogP contribution is -2.27. The van der Waals surface area contributed by atoms with Crippen molar-refractivity contribution in [2.75, 3.05) is 32.5 Å². The summed E-state index contributed by atoms with van der Waals surface area (Å²) in [6.07, 6.45) is 3.90. The van der Waals surface area contributed by atoms with Gasteiger partial charge in [-0.15, -0.1) is 22.6 Å². The summed E-state index contributed by atoms with van der Waals surface area (Å²) in [6.45, 7) is 5.41. The first kappa shape index (κ1) is 22.2. The highest BCUT2D eigenvalue weighted by molar-refractivity contribution is 7.99. The zero-order valence-corrected chi connectivity index (χ0v) is 19.7. The van der Waals surface area contributed by atoms with E-state index in [4.69, 9.17) is 9.15 Å². The summed E-state index contributed by atoms with van der Waals surface area (Å²) in [5, 5.41) is 9.53. The molecule has 2 fully saturated rings. The summed E-state index contributed by atoms with van der Waals surface area (Å²) < 4.78 is 12.9. The van der Waals surface area contributed by atoms with Crippen LogP contribution in [-0.2, 0) is 12.5 Å². The minimum Gasteiger partial charge on any atom is -0.497 e. The second-order valence-electron chi connectivity index (χ2n) is 8.36. The van der Waals surface area contributed by atoms with Crippen molar-refractivity contribution in [2.45, 2.75) is 30.3 Å². The molecule has 0 bridgehead atoms. The number of aryl methyl sites for hydroxylation is 1. The molecule has 7 nitrogen and oxygen atoms in total. The van der Waals surface area contributed by atoms with Crippen LogP contribution in [0.2, 0.25) is 0 Å². The lowest BCUT2D eigenvalue weighted by atomic mass is 9.95. The number of thioether (sulfide) groups is 1. The molecule has 2 atom stereocenters. The fourth-order valence-corrected chi connectivity index (χ4v) is 5.58. The number of oxazole rings is 1. The van der Waals surface area contributed by atoms with Gasteiger partial charge in [0.05, 0.1) is 12.8 Å². The van der Waals surface area contributed by atoms with E-state index in [2.05, 4.69) is 38.3 Å². The monoisotopic (exact) mass is 461 g/mol. The standard InChI is InChI=1S/C22H27N5O2S.ClH/c1-15-19(29-14-23-15)20-24-25-21(26(20)2)30-9-5-8-27-12-17-11-22(17,13-27)16-6-4-7-18(10-16)28-3;/h4,6-7,10,14,17H,5,8-9,11-13H2,1-3H3;1H/t17-,22-;/m1./s1. The number of fused-ring (bicyclic) bond motifs is 1. The predicted molar refractivity (Wildman–Crippen MR) is 123 cm³/mol. The molecule has 0 spiro atoms. The molecule has 0 N–H and O–H groups in total. The minimum absolute atomic E-state index is 0. The van der Waals surface area contributed by atoms with E-state index in [1.807, 2.05) is 24.6 Å². The van der Waals surface area contributed by atoms with E-state index in [1.165, 1.54) is 24.9 Å². The summed E-state index contributed by atoms with van der Waals surface area (Å²) in [6, 6.07) is 8.64. The van der Waals surface area contributed by atoms with Crippen LogP contribution in [0.4, 0.5) is 0 Å². The van der Waals surface area contributed by atoms with Crippen molar-refractivity contribution < 1.29 is 9.15 Å². The van der Waals surface area contributed by atoms with Gasteiger partial charge in [0.2, 0.25) is 5.82 Å². The van der Waals surface area contributed by atoms with Crippen molar-refractivity contribution in [3.8, 4) is 17.3 Å². The van der Waals surface area contributed by atoms with Crippen LogP contribution in [0.15, 0.2) is 40.2 Å². The Labute approximate surface area is 193 Å². The number of hydrogen-bond donors (Lipinski definition) is 0. The van der Waals surface area contributed by atoms with Gasteiger partial charge >= 0.3 is 0 Å². The Hall–Kier alpha value is -2.03. The number of nitrogens with zero attached hydrogens (tertiary/aromatic N) is 5. The molecule has 3 aromatic rings. The lowest BCUT2D eigenvalue weighted by molar-refractivity contribution is 0.299. The van der Waals surface area contributed by atoms with Crippen LogP contribution in [-0.4, -0.2) is 57.1 Å². The van der Waals surface area contributed by atoms with Crippen molar-refractivity contribution in [2.24, 2.45) is 13.0 Å². The van der Waals surface area contributed by atoms with Gasteiger partial charge in [0.25, 0.3) is 0 Å². The Morgan fingerprint density at radius 3 is 2.97 bits per heavy atom. The third-order valence-corrected chi connectivity index (χ3v) is 7.60. The number of benzene rings is 1. The van der Waals surface area contributed by atoms with E-state index in [1.54, 1.807) is 18.9 Å². The number of methoxy groups -OCH3 is 1. The van der Waals surface area contributed by atoms with Crippen molar-refractivity contribution >= 4 is 24.2 Å². The first-order valence-electron chi connectivity index (χ1n) is 10.4. The van der Waals surface area contributed by atoms with Crippen LogP contribution in [0.25, 0.3) is 11.6 Å². The summed E-state index contributed by atoms with van der Waals surface area (Å²) >= 11 is 1.75. The molecule has 1 aliphatic heterocycles. The van der Waals surface area contributed by atoms with Gasteiger partial charge in [-0.05, 0) is 49.9 Å². The Balaban J connectivity index is 0.00000231. The maximum atomic E-state index is 5.45. The van der Waals surface area contributed by atoms with Gasteiger partial charge in [0, 0.05) is 31.3 Å². The highest BCUT2D eigenvalue weighted by Crippen LogP contribution is 2.59. The van der Waals surface area contributed by atoms with Crippen LogP contribution in [0.5, 0.6) is 5.75 Å². The topological polar surface area (TPSA) is 69.2 Å². The second kappa shape index (κ2) is 8.84. The minimum atomic E-state index is 0. The first-order chi connectivity index (χ1) is 14.6. The molecule has 3 heterocycles. The largest absolute Gasteiger partial charge is 0.497 e. The van der Waals surface area contributed by atoms with Crippen LogP contribution < -0.4 is 4.74 Å². The predicted octanol–water partition coefficient (Wildman–Crippen LogP) is 3.96. The summed E-state index contributed by atoms with van der Waals surface area (Å²) in [7, 11) is 3.72. The third kappa shape index (κ3) is 4.08. The average molecular weight is 462 g/mol. The van der Waals surface area contributed by atoms with Crippen LogP contribution in [0.3, 0.4) is 0 Å². The van der Waals surface area contributed by atoms with Crippen molar-refractivity contribution in [3.63, 3.8) is 0 Å². The molecule has 1 aliphatic carbocycles. The van der Waals surface area contributed by atoms with E-state index in [-0.39, 0.29) is 12.4 Å². The molecule has 1 aromatic carbocycles. The molecular formula is C22H28ClN5O2S. The molecule has 31 heavy (non-hydrogen) atoms. The maximum absolute atomic E-state index is 5.45. The molecule has 5 rings (SSSR count). The van der Waals surface area contributed by atoms with Crippen molar-refractivity contribution in [1.29, 1.82) is 0 Å². The Kier molecular flexibility index (Phi) is 6.32. The summed E-state index contributed by atoms with van der Waals surface area (Å²) in [5.74, 6) is 4.20. The SMILES string of the molecule is COc1cccc([C@]23C[C@@H]2CN(CCCSc2nnc(-c4ocnc4C)n2C)C3)c1.Cl. The number of aromatic nitrogens is 4. The van der Waals surface area contributed by atoms with E-state index >= 15 is 0 Å². The normalized spacial score (nSPS) is 22.2. The van der Waals surface area contributed by atoms with Gasteiger partial charge in [-0.1, -0.05) is 23.9 Å². The fourth-order valence-electron chi connectivity index (χ4n) is 4.74. The Morgan fingerprint density at radius 1 is 1.32 bits per heavy atom. The zero-order chi connectivity index (χ0) is 20.7. The molecule has 1 saturated carbocycles. The highest BCUT2D eigenvalue weighted by Gasteiger charge is 2.60. The quantitative estimate of drug-likeness (QED) is 0.371. The molecule has 2 aromatic heterocycles. The van der Waals surface area contributed by atoms with E-state index < -0.39 is 0 Å². The third-order valence-electron chi connectivity index (χ3n) is 6.49. The number of ether oxygens (including phenoxy) is 1. The van der Waals surface area contributed by atoms with Gasteiger partial charge in [-0.25, -0.2) is 4.98 Å². The molecule has 0 amide bonds. The van der Waals surface area contributed by atoms with Crippen LogP contribution in [0, 0.1) is 12.8 Å². The number of piperidine rings is 1. The van der Waals surface area contributed by atoms with Gasteiger partial charge in [0.15, 0.2) is 17.3 Å². The van der Waals surface area contributed by atoms with Crippen LogP contribution in [0.1, 0.15) is 24.1 Å². The summed E-state index contributed by atoms with van der Waals surface area (Å²) in [4.78, 5) is 6.76. The number of rotatable bonds is 8. The fraction of sp³-hybridized carbons (Fsp3) is 0.500. The Bertz CT molecular complexity index is 1050. The van der Waals surface area contributed by atoms with E-state index in [9.17, 15) is 0 Å². The van der Waals surface area contributed by atoms with E-state index in [0.29, 0.717) is 11.2 Å². The first-order valence-corrected chi connectivity index (χ1v) is 11.4. The molecule has 0 unspecified atom stereocenters. The number of likely N-dealkylation sites (tertiary alicyclic amines) is 1. The number of halogens is 1. The Morgan fingerprint density at radius 2 is 2.19 bits per heavy atom. The number of hydrogen-bond acceptors (Lipinski definition) is 7. The van der Waals surface area contributed by atoms with Crippen molar-refractivity contribution in [3.05, 3.63) is 41.9 Å². The van der Waals surface area contributed by atoms with E-state index in [0.717, 1.165) is 53.6 Å². The smallest absolute Gasteiger partial charge is 0.202 e. The van der Waals surface area contributed by atoms with Gasteiger partial charge in [-0.2, -0.15) is 0 Å². The molecular weight excluding hydrogens is 434 g/mol. The molecule has 1 saturated heterocycles. The second-order valence-corrected chi connectivity index (χ2v) is 9.42. The average Bonchev–Trinajstić information content (AvgIpc) is 3.05. The summed E-state index contributed by atoms with van der Waals surface area (Å²) in [5.41, 5.74) is 2.63. The van der Waals surface area contributed by atoms with Crippen LogP contribution >= 0.6 is 24.2 Å². The van der Waals surface area contributed by atoms with Gasteiger partial charge < -0.3 is 18.6 Å². The lowest BCUT2D eigenvalue weighted by Gasteiger charge is -2.21.